The van der Waals surface area contributed by atoms with E-state index in [1.54, 1.807) is 6.20 Å². The van der Waals surface area contributed by atoms with Crippen molar-refractivity contribution in [2.45, 2.75) is 91.1 Å². The summed E-state index contributed by atoms with van der Waals surface area (Å²) in [6.45, 7) is 7.36. The lowest BCUT2D eigenvalue weighted by Crippen LogP contribution is -2.54. The van der Waals surface area contributed by atoms with Gasteiger partial charge in [-0.05, 0) is 92.3 Å². The van der Waals surface area contributed by atoms with Gasteiger partial charge in [-0.1, -0.05) is 19.0 Å². The Labute approximate surface area is 180 Å². The molecule has 0 aromatic carbocycles. The van der Waals surface area contributed by atoms with Crippen LogP contribution in [0.5, 0.6) is 0 Å². The van der Waals surface area contributed by atoms with Gasteiger partial charge in [0.25, 0.3) is 0 Å². The van der Waals surface area contributed by atoms with Gasteiger partial charge in [0.1, 0.15) is 12.4 Å². The molecule has 0 radical (unpaired) electrons. The highest BCUT2D eigenvalue weighted by Crippen LogP contribution is 2.65. The molecule has 0 spiro atoms. The average Bonchev–Trinajstić information content (AvgIpc) is 3.28. The van der Waals surface area contributed by atoms with Crippen LogP contribution in [0.4, 0.5) is 0 Å². The maximum atomic E-state index is 10.6. The van der Waals surface area contributed by atoms with Crippen molar-refractivity contribution in [1.29, 1.82) is 0 Å². The zero-order chi connectivity index (χ0) is 20.9. The summed E-state index contributed by atoms with van der Waals surface area (Å²) in [4.78, 5) is 9.79. The number of nitrogens with zero attached hydrogens (tertiary/aromatic N) is 2. The Morgan fingerprint density at radius 3 is 2.77 bits per heavy atom. The number of rotatable bonds is 4. The van der Waals surface area contributed by atoms with Crippen LogP contribution in [0, 0.1) is 41.4 Å². The summed E-state index contributed by atoms with van der Waals surface area (Å²) in [5.41, 5.74) is 1.87. The van der Waals surface area contributed by atoms with Crippen LogP contribution in [0.15, 0.2) is 15.8 Å². The van der Waals surface area contributed by atoms with E-state index in [-0.39, 0.29) is 11.5 Å². The van der Waals surface area contributed by atoms with Gasteiger partial charge in [-0.3, -0.25) is 0 Å². The summed E-state index contributed by atoms with van der Waals surface area (Å²) in [6, 6.07) is 0. The van der Waals surface area contributed by atoms with Crippen LogP contribution in [0.25, 0.3) is 0 Å². The fourth-order valence-electron chi connectivity index (χ4n) is 7.92. The molecular formula is C25H38N2O3. The number of aliphatic hydroxyl groups is 1. The zero-order valence-electron chi connectivity index (χ0n) is 18.9. The molecular weight excluding hydrogens is 376 g/mol. The molecule has 0 saturated heterocycles. The highest BCUT2D eigenvalue weighted by molar-refractivity contribution is 5.85. The minimum Gasteiger partial charge on any atom is -0.446 e. The smallest absolute Gasteiger partial charge is 0.191 e. The predicted octanol–water partition coefficient (Wildman–Crippen LogP) is 5.30. The Kier molecular flexibility index (Phi) is 5.24. The van der Waals surface area contributed by atoms with Gasteiger partial charge in [0.15, 0.2) is 5.89 Å². The van der Waals surface area contributed by atoms with Crippen LogP contribution in [-0.2, 0) is 11.3 Å². The zero-order valence-corrected chi connectivity index (χ0v) is 18.9. The second-order valence-corrected chi connectivity index (χ2v) is 11.1. The van der Waals surface area contributed by atoms with Gasteiger partial charge in [0, 0.05) is 13.3 Å². The molecule has 1 aromatic rings. The van der Waals surface area contributed by atoms with Gasteiger partial charge >= 0.3 is 0 Å². The lowest BCUT2D eigenvalue weighted by molar-refractivity contribution is -0.112. The molecule has 1 N–H and O–H groups in total. The van der Waals surface area contributed by atoms with Crippen molar-refractivity contribution < 1.29 is 14.4 Å². The van der Waals surface area contributed by atoms with Crippen LogP contribution in [0.2, 0.25) is 0 Å². The van der Waals surface area contributed by atoms with Crippen molar-refractivity contribution in [3.8, 4) is 0 Å². The Morgan fingerprint density at radius 2 is 1.97 bits per heavy atom. The van der Waals surface area contributed by atoms with E-state index >= 15 is 0 Å². The number of oxime groups is 1. The van der Waals surface area contributed by atoms with Crippen LogP contribution in [0.1, 0.15) is 83.3 Å². The summed E-state index contributed by atoms with van der Waals surface area (Å²) < 4.78 is 5.50. The third kappa shape index (κ3) is 3.32. The molecule has 4 fully saturated rings. The molecule has 4 saturated carbocycles. The quantitative estimate of drug-likeness (QED) is 0.536. The van der Waals surface area contributed by atoms with E-state index in [4.69, 9.17) is 9.25 Å². The molecule has 5 heteroatoms. The molecule has 0 amide bonds. The molecule has 4 aliphatic carbocycles. The van der Waals surface area contributed by atoms with E-state index in [1.807, 2.05) is 6.92 Å². The van der Waals surface area contributed by atoms with E-state index in [0.29, 0.717) is 24.3 Å². The van der Waals surface area contributed by atoms with Gasteiger partial charge in [-0.2, -0.15) is 0 Å². The summed E-state index contributed by atoms with van der Waals surface area (Å²) in [7, 11) is 0. The number of hydrogen-bond acceptors (Lipinski definition) is 5. The van der Waals surface area contributed by atoms with Crippen molar-refractivity contribution >= 4 is 5.71 Å². The summed E-state index contributed by atoms with van der Waals surface area (Å²) in [6.07, 6.45) is 13.3. The first-order valence-electron chi connectivity index (χ1n) is 12.2. The maximum Gasteiger partial charge on any atom is 0.191 e. The van der Waals surface area contributed by atoms with Crippen LogP contribution in [0.3, 0.4) is 0 Å². The first-order valence-corrected chi connectivity index (χ1v) is 12.2. The number of fused-ring (bicyclic) bond motifs is 5. The van der Waals surface area contributed by atoms with E-state index in [0.717, 1.165) is 48.7 Å². The molecule has 30 heavy (non-hydrogen) atoms. The van der Waals surface area contributed by atoms with E-state index in [2.05, 4.69) is 24.0 Å². The number of hydrogen-bond donors (Lipinski definition) is 1. The van der Waals surface area contributed by atoms with E-state index < -0.39 is 0 Å². The molecule has 0 aliphatic heterocycles. The summed E-state index contributed by atoms with van der Waals surface area (Å²) >= 11 is 0. The monoisotopic (exact) mass is 414 g/mol. The highest BCUT2D eigenvalue weighted by Gasteiger charge is 2.59. The third-order valence-electron chi connectivity index (χ3n) is 9.75. The second kappa shape index (κ2) is 7.65. The lowest BCUT2D eigenvalue weighted by atomic mass is 9.45. The Morgan fingerprint density at radius 1 is 1.13 bits per heavy atom. The standard InChI is InChI=1S/C25H38N2O3/c1-16-26-15-19(30-16)10-13-29-27-18-8-11-24(2)17(14-18)4-5-20-21-6-7-23(28)25(21,3)12-9-22(20)24/h15,17,20-23,28H,4-14H2,1-3H3/t17?,20?,21?,22?,23-,24-,25-/m0/s1. The van der Waals surface area contributed by atoms with Gasteiger partial charge in [-0.15, -0.1) is 0 Å². The second-order valence-electron chi connectivity index (χ2n) is 11.1. The summed E-state index contributed by atoms with van der Waals surface area (Å²) in [5, 5.41) is 15.2. The minimum atomic E-state index is -0.0721. The molecule has 4 unspecified atom stereocenters. The molecule has 5 nitrogen and oxygen atoms in total. The highest BCUT2D eigenvalue weighted by atomic mass is 16.6. The van der Waals surface area contributed by atoms with Crippen molar-refractivity contribution in [1.82, 2.24) is 4.98 Å². The fourth-order valence-corrected chi connectivity index (χ4v) is 7.92. The van der Waals surface area contributed by atoms with E-state index in [1.165, 1.54) is 44.2 Å². The van der Waals surface area contributed by atoms with Crippen LogP contribution in [-0.4, -0.2) is 28.5 Å². The van der Waals surface area contributed by atoms with Crippen molar-refractivity contribution in [3.63, 3.8) is 0 Å². The number of oxazole rings is 1. The number of aryl methyl sites for hydroxylation is 1. The normalized spacial score (nSPS) is 44.4. The van der Waals surface area contributed by atoms with E-state index in [9.17, 15) is 5.11 Å². The van der Waals surface area contributed by atoms with Gasteiger partial charge in [0.05, 0.1) is 18.0 Å². The predicted molar refractivity (Wildman–Crippen MR) is 116 cm³/mol. The third-order valence-corrected chi connectivity index (χ3v) is 9.75. The van der Waals surface area contributed by atoms with Crippen molar-refractivity contribution in [2.24, 2.45) is 39.7 Å². The fraction of sp³-hybridized carbons (Fsp3) is 0.840. The molecule has 0 bridgehead atoms. The van der Waals surface area contributed by atoms with Crippen molar-refractivity contribution in [2.75, 3.05) is 6.61 Å². The number of aliphatic hydroxyl groups excluding tert-OH is 1. The number of aromatic nitrogens is 1. The Balaban J connectivity index is 1.21. The van der Waals surface area contributed by atoms with Crippen LogP contribution < -0.4 is 0 Å². The largest absolute Gasteiger partial charge is 0.446 e. The SMILES string of the molecule is Cc1ncc(CCON=C2CC[C@@]3(C)C(CCC4C3CC[C@@]3(C)C4CC[C@@H]3O)C2)o1. The van der Waals surface area contributed by atoms with Crippen molar-refractivity contribution in [3.05, 3.63) is 17.8 Å². The van der Waals surface area contributed by atoms with Gasteiger partial charge in [-0.25, -0.2) is 4.98 Å². The lowest BCUT2D eigenvalue weighted by Gasteiger charge is -2.60. The first-order chi connectivity index (χ1) is 14.4. The molecule has 7 atom stereocenters. The molecule has 5 rings (SSSR count). The molecule has 1 heterocycles. The molecule has 1 aromatic heterocycles. The maximum absolute atomic E-state index is 10.6. The minimum absolute atomic E-state index is 0.0721. The average molecular weight is 415 g/mol. The Bertz CT molecular complexity index is 804. The first kappa shape index (κ1) is 20.5. The summed E-state index contributed by atoms with van der Waals surface area (Å²) in [5.74, 6) is 4.70. The topological polar surface area (TPSA) is 67.9 Å². The van der Waals surface area contributed by atoms with Gasteiger partial charge in [0.2, 0.25) is 0 Å². The van der Waals surface area contributed by atoms with Gasteiger partial charge < -0.3 is 14.4 Å². The van der Waals surface area contributed by atoms with Crippen LogP contribution >= 0.6 is 0 Å². The molecule has 166 valence electrons. The Hall–Kier alpha value is -1.36. The molecule has 4 aliphatic rings.